The fourth-order valence-electron chi connectivity index (χ4n) is 3.44. The summed E-state index contributed by atoms with van der Waals surface area (Å²) in [6.07, 6.45) is 6.54. The molecule has 0 unspecified atom stereocenters. The Morgan fingerprint density at radius 3 is 2.44 bits per heavy atom. The first kappa shape index (κ1) is 23.1. The summed E-state index contributed by atoms with van der Waals surface area (Å²) < 4.78 is 5.85. The zero-order chi connectivity index (χ0) is 22.4. The third kappa shape index (κ3) is 7.91. The number of unbranched alkanes of at least 4 members (excludes halogenated alkanes) is 2. The van der Waals surface area contributed by atoms with Gasteiger partial charge in [-0.05, 0) is 73.1 Å². The number of nitrogens with zero attached hydrogens (tertiary/aromatic N) is 1. The Morgan fingerprint density at radius 2 is 1.66 bits per heavy atom. The van der Waals surface area contributed by atoms with Gasteiger partial charge in [-0.3, -0.25) is 4.79 Å². The van der Waals surface area contributed by atoms with Crippen LogP contribution in [-0.4, -0.2) is 30.5 Å². The van der Waals surface area contributed by atoms with Crippen LogP contribution in [0.4, 0.5) is 0 Å². The Kier molecular flexibility index (Phi) is 9.34. The second kappa shape index (κ2) is 13.0. The van der Waals surface area contributed by atoms with Gasteiger partial charge in [0.05, 0.1) is 12.8 Å². The molecule has 0 radical (unpaired) electrons. The summed E-state index contributed by atoms with van der Waals surface area (Å²) >= 11 is 0. The summed E-state index contributed by atoms with van der Waals surface area (Å²) in [4.78, 5) is 12.3. The molecule has 3 aromatic carbocycles. The number of rotatable bonds is 12. The highest BCUT2D eigenvalue weighted by molar-refractivity contribution is 5.96. The minimum atomic E-state index is -0.148. The van der Waals surface area contributed by atoms with Gasteiger partial charge in [-0.25, -0.2) is 0 Å². The largest absolute Gasteiger partial charge is 0.494 e. The van der Waals surface area contributed by atoms with E-state index in [0.29, 0.717) is 17.7 Å². The molecule has 3 aromatic rings. The van der Waals surface area contributed by atoms with E-state index in [2.05, 4.69) is 40.8 Å². The van der Waals surface area contributed by atoms with Crippen LogP contribution in [0, 0.1) is 0 Å². The lowest BCUT2D eigenvalue weighted by atomic mass is 10.1. The van der Waals surface area contributed by atoms with Gasteiger partial charge in [-0.1, -0.05) is 59.8 Å². The fourth-order valence-corrected chi connectivity index (χ4v) is 3.44. The van der Waals surface area contributed by atoms with E-state index in [-0.39, 0.29) is 5.91 Å². The number of oxime groups is 1. The fraction of sp³-hybridized carbons (Fsp3) is 0.259. The second-order valence-corrected chi connectivity index (χ2v) is 7.66. The first-order chi connectivity index (χ1) is 15.7. The molecule has 32 heavy (non-hydrogen) atoms. The summed E-state index contributed by atoms with van der Waals surface area (Å²) in [6.45, 7) is 1.27. The van der Waals surface area contributed by atoms with E-state index in [1.54, 1.807) is 24.3 Å². The summed E-state index contributed by atoms with van der Waals surface area (Å²) in [6, 6.07) is 25.6. The average Bonchev–Trinajstić information content (AvgIpc) is 2.83. The maximum atomic E-state index is 12.3. The van der Waals surface area contributed by atoms with E-state index in [1.165, 1.54) is 18.2 Å². The third-order valence-corrected chi connectivity index (χ3v) is 5.20. The molecule has 3 rings (SSSR count). The van der Waals surface area contributed by atoms with Gasteiger partial charge in [0.25, 0.3) is 5.91 Å². The third-order valence-electron chi connectivity index (χ3n) is 5.20. The van der Waals surface area contributed by atoms with Crippen molar-refractivity contribution in [1.29, 1.82) is 0 Å². The molecule has 1 amide bonds. The van der Waals surface area contributed by atoms with Crippen molar-refractivity contribution in [2.24, 2.45) is 5.16 Å². The van der Waals surface area contributed by atoms with Crippen LogP contribution in [0.5, 0.6) is 5.75 Å². The number of ether oxygens (including phenoxy) is 1. The molecular formula is C27H30N2O3. The molecule has 0 aliphatic rings. The summed E-state index contributed by atoms with van der Waals surface area (Å²) in [5.41, 5.74) is 3.74. The standard InChI is InChI=1S/C27H30N2O3/c30-27(25-12-7-11-24(20-25)21-29-31)28-18-17-23-13-15-26(16-14-23)32-19-6-2-5-10-22-8-3-1-4-9-22/h1,3-4,7-9,11-16,20-21,31H,2,5-6,10,17-19H2,(H,28,30). The Bertz CT molecular complexity index is 985. The van der Waals surface area contributed by atoms with Crippen LogP contribution in [0.2, 0.25) is 0 Å². The summed E-state index contributed by atoms with van der Waals surface area (Å²) in [5, 5.41) is 14.5. The van der Waals surface area contributed by atoms with Gasteiger partial charge in [0.1, 0.15) is 5.75 Å². The first-order valence-corrected chi connectivity index (χ1v) is 11.1. The van der Waals surface area contributed by atoms with E-state index in [0.717, 1.165) is 43.6 Å². The van der Waals surface area contributed by atoms with E-state index < -0.39 is 0 Å². The van der Waals surface area contributed by atoms with Crippen LogP contribution in [0.15, 0.2) is 84.0 Å². The topological polar surface area (TPSA) is 70.9 Å². The number of carbonyl (C=O) groups excluding carboxylic acids is 1. The highest BCUT2D eigenvalue weighted by Crippen LogP contribution is 2.14. The van der Waals surface area contributed by atoms with Crippen molar-refractivity contribution in [2.75, 3.05) is 13.2 Å². The lowest BCUT2D eigenvalue weighted by Gasteiger charge is -2.09. The van der Waals surface area contributed by atoms with Gasteiger partial charge in [-0.2, -0.15) is 0 Å². The van der Waals surface area contributed by atoms with Crippen molar-refractivity contribution < 1.29 is 14.7 Å². The van der Waals surface area contributed by atoms with Crippen LogP contribution >= 0.6 is 0 Å². The molecule has 166 valence electrons. The smallest absolute Gasteiger partial charge is 0.251 e. The van der Waals surface area contributed by atoms with Gasteiger partial charge in [0, 0.05) is 12.1 Å². The van der Waals surface area contributed by atoms with E-state index in [4.69, 9.17) is 9.94 Å². The van der Waals surface area contributed by atoms with Crippen LogP contribution in [0.25, 0.3) is 0 Å². The molecule has 0 saturated carbocycles. The van der Waals surface area contributed by atoms with Crippen molar-refractivity contribution in [3.63, 3.8) is 0 Å². The zero-order valence-electron chi connectivity index (χ0n) is 18.2. The quantitative estimate of drug-likeness (QED) is 0.178. The molecule has 0 atom stereocenters. The number of amides is 1. The van der Waals surface area contributed by atoms with Gasteiger partial charge >= 0.3 is 0 Å². The maximum absolute atomic E-state index is 12.3. The van der Waals surface area contributed by atoms with Crippen molar-refractivity contribution in [3.8, 4) is 5.75 Å². The zero-order valence-corrected chi connectivity index (χ0v) is 18.2. The van der Waals surface area contributed by atoms with Crippen LogP contribution in [-0.2, 0) is 12.8 Å². The highest BCUT2D eigenvalue weighted by atomic mass is 16.5. The molecule has 0 fully saturated rings. The Balaban J connectivity index is 1.31. The summed E-state index contributed by atoms with van der Waals surface area (Å²) in [7, 11) is 0. The minimum absolute atomic E-state index is 0.148. The van der Waals surface area contributed by atoms with Crippen molar-refractivity contribution >= 4 is 12.1 Å². The summed E-state index contributed by atoms with van der Waals surface area (Å²) in [5.74, 6) is 0.730. The van der Waals surface area contributed by atoms with E-state index in [9.17, 15) is 4.79 Å². The van der Waals surface area contributed by atoms with Gasteiger partial charge in [-0.15, -0.1) is 0 Å². The average molecular weight is 431 g/mol. The molecular weight excluding hydrogens is 400 g/mol. The SMILES string of the molecule is O=C(NCCc1ccc(OCCCCCc2ccccc2)cc1)c1cccc(C=NO)c1. The molecule has 5 heteroatoms. The maximum Gasteiger partial charge on any atom is 0.251 e. The van der Waals surface area contributed by atoms with Crippen LogP contribution in [0.3, 0.4) is 0 Å². The number of nitrogens with one attached hydrogen (secondary N) is 1. The Morgan fingerprint density at radius 1 is 0.875 bits per heavy atom. The van der Waals surface area contributed by atoms with E-state index in [1.807, 2.05) is 24.3 Å². The molecule has 2 N–H and O–H groups in total. The monoisotopic (exact) mass is 430 g/mol. The second-order valence-electron chi connectivity index (χ2n) is 7.66. The van der Waals surface area contributed by atoms with Crippen molar-refractivity contribution in [2.45, 2.75) is 32.1 Å². The number of hydrogen-bond acceptors (Lipinski definition) is 4. The lowest BCUT2D eigenvalue weighted by Crippen LogP contribution is -2.25. The predicted molar refractivity (Wildman–Crippen MR) is 128 cm³/mol. The van der Waals surface area contributed by atoms with Crippen molar-refractivity contribution in [1.82, 2.24) is 5.32 Å². The van der Waals surface area contributed by atoms with Crippen LogP contribution in [0.1, 0.15) is 46.3 Å². The number of hydrogen-bond donors (Lipinski definition) is 2. The van der Waals surface area contributed by atoms with Gasteiger partial charge < -0.3 is 15.3 Å². The first-order valence-electron chi connectivity index (χ1n) is 11.1. The van der Waals surface area contributed by atoms with E-state index >= 15 is 0 Å². The molecule has 0 heterocycles. The molecule has 0 aliphatic heterocycles. The number of aryl methyl sites for hydroxylation is 1. The van der Waals surface area contributed by atoms with Gasteiger partial charge in [0.15, 0.2) is 0 Å². The molecule has 5 nitrogen and oxygen atoms in total. The normalized spacial score (nSPS) is 10.9. The molecule has 0 saturated heterocycles. The molecule has 0 aliphatic carbocycles. The number of benzene rings is 3. The minimum Gasteiger partial charge on any atom is -0.494 e. The van der Waals surface area contributed by atoms with Gasteiger partial charge in [0.2, 0.25) is 0 Å². The lowest BCUT2D eigenvalue weighted by molar-refractivity contribution is 0.0954. The van der Waals surface area contributed by atoms with Crippen LogP contribution < -0.4 is 10.1 Å². The Labute approximate surface area is 189 Å². The molecule has 0 spiro atoms. The predicted octanol–water partition coefficient (Wildman–Crippen LogP) is 5.26. The Hall–Kier alpha value is -3.60. The highest BCUT2D eigenvalue weighted by Gasteiger charge is 2.05. The van der Waals surface area contributed by atoms with Crippen molar-refractivity contribution in [3.05, 3.63) is 101 Å². The molecule has 0 bridgehead atoms. The molecule has 0 aromatic heterocycles. The number of carbonyl (C=O) groups is 1.